The van der Waals surface area contributed by atoms with Crippen LogP contribution in [-0.2, 0) is 19.3 Å². The van der Waals surface area contributed by atoms with Gasteiger partial charge >= 0.3 is 6.03 Å². The highest BCUT2D eigenvalue weighted by atomic mass is 32.1. The van der Waals surface area contributed by atoms with E-state index in [0.29, 0.717) is 38.5 Å². The average Bonchev–Trinajstić information content (AvgIpc) is 3.69. The van der Waals surface area contributed by atoms with E-state index in [2.05, 4.69) is 45.3 Å². The molecule has 3 N–H and O–H groups in total. The topological polar surface area (TPSA) is 111 Å². The second-order valence-electron chi connectivity index (χ2n) is 8.92. The maximum Gasteiger partial charge on any atom is 0.317 e. The fourth-order valence-electron chi connectivity index (χ4n) is 4.22. The van der Waals surface area contributed by atoms with Gasteiger partial charge in [-0.05, 0) is 49.9 Å². The molecular weight excluding hydrogens is 486 g/mol. The van der Waals surface area contributed by atoms with Crippen molar-refractivity contribution >= 4 is 17.4 Å². The van der Waals surface area contributed by atoms with Gasteiger partial charge in [-0.25, -0.2) is 14.5 Å². The van der Waals surface area contributed by atoms with Crippen molar-refractivity contribution in [2.24, 2.45) is 5.73 Å². The van der Waals surface area contributed by atoms with E-state index in [1.165, 1.54) is 5.56 Å². The zero-order valence-corrected chi connectivity index (χ0v) is 21.5. The van der Waals surface area contributed by atoms with Gasteiger partial charge in [0.25, 0.3) is 0 Å². The van der Waals surface area contributed by atoms with Gasteiger partial charge in [0.15, 0.2) is 0 Å². The lowest BCUT2D eigenvalue weighted by atomic mass is 10.1. The molecule has 0 spiro atoms. The van der Waals surface area contributed by atoms with Crippen molar-refractivity contribution < 1.29 is 9.53 Å². The maximum absolute atomic E-state index is 11.9. The summed E-state index contributed by atoms with van der Waals surface area (Å²) in [6.07, 6.45) is 5.41. The Labute approximate surface area is 220 Å². The van der Waals surface area contributed by atoms with E-state index in [1.54, 1.807) is 20.9 Å². The fraction of sp³-hybridized carbons (Fsp3) is 0.333. The summed E-state index contributed by atoms with van der Waals surface area (Å²) in [6.45, 7) is 2.88. The van der Waals surface area contributed by atoms with Crippen LogP contribution in [0, 0.1) is 0 Å². The Morgan fingerprint density at radius 1 is 1.08 bits per heavy atom. The number of nitrogens with two attached hydrogens (primary N) is 1. The number of rotatable bonds is 12. The van der Waals surface area contributed by atoms with Crippen molar-refractivity contribution in [2.75, 3.05) is 32.8 Å². The molecule has 5 rings (SSSR count). The Hall–Kier alpha value is -3.76. The third-order valence-electron chi connectivity index (χ3n) is 6.27. The first kappa shape index (κ1) is 24.9. The molecular formula is C27H31N7O2S. The van der Waals surface area contributed by atoms with Crippen molar-refractivity contribution in [3.05, 3.63) is 77.1 Å². The molecule has 0 radical (unpaired) electrons. The van der Waals surface area contributed by atoms with Crippen molar-refractivity contribution in [1.82, 2.24) is 30.2 Å². The summed E-state index contributed by atoms with van der Waals surface area (Å²) in [5.74, 6) is 0.708. The quantitative estimate of drug-likeness (QED) is 0.298. The number of ether oxygens (including phenoxy) is 1. The monoisotopic (exact) mass is 517 g/mol. The highest BCUT2D eigenvalue weighted by molar-refractivity contribution is 7.13. The van der Waals surface area contributed by atoms with E-state index >= 15 is 0 Å². The van der Waals surface area contributed by atoms with E-state index in [0.717, 1.165) is 53.3 Å². The molecule has 1 aliphatic heterocycles. The number of amides is 2. The highest BCUT2D eigenvalue weighted by Crippen LogP contribution is 2.34. The number of thiazole rings is 1. The Balaban J connectivity index is 1.35. The summed E-state index contributed by atoms with van der Waals surface area (Å²) in [5.41, 5.74) is 10.7. The molecule has 1 saturated heterocycles. The van der Waals surface area contributed by atoms with Gasteiger partial charge in [0.1, 0.15) is 17.4 Å². The first-order valence-electron chi connectivity index (χ1n) is 12.6. The number of aromatic nitrogens is 4. The summed E-state index contributed by atoms with van der Waals surface area (Å²) in [7, 11) is 0. The second kappa shape index (κ2) is 12.0. The Morgan fingerprint density at radius 2 is 1.97 bits per heavy atom. The van der Waals surface area contributed by atoms with Crippen molar-refractivity contribution in [3.8, 4) is 22.0 Å². The Bertz CT molecular complexity index is 1320. The zero-order chi connectivity index (χ0) is 25.5. The van der Waals surface area contributed by atoms with Gasteiger partial charge < -0.3 is 20.7 Å². The minimum atomic E-state index is -0.0480. The molecule has 0 atom stereocenters. The lowest BCUT2D eigenvalue weighted by Crippen LogP contribution is -2.31. The molecule has 37 heavy (non-hydrogen) atoms. The minimum absolute atomic E-state index is 0.0480. The molecule has 9 nitrogen and oxygen atoms in total. The van der Waals surface area contributed by atoms with Crippen LogP contribution in [0.5, 0.6) is 5.75 Å². The molecule has 2 amide bonds. The predicted octanol–water partition coefficient (Wildman–Crippen LogP) is 3.47. The maximum atomic E-state index is 11.9. The van der Waals surface area contributed by atoms with Gasteiger partial charge in [-0.1, -0.05) is 35.5 Å². The average molecular weight is 518 g/mol. The van der Waals surface area contributed by atoms with Gasteiger partial charge in [-0.2, -0.15) is 0 Å². The van der Waals surface area contributed by atoms with Gasteiger partial charge in [-0.3, -0.25) is 0 Å². The van der Waals surface area contributed by atoms with Gasteiger partial charge in [0.2, 0.25) is 0 Å². The van der Waals surface area contributed by atoms with Crippen LogP contribution in [0.2, 0.25) is 0 Å². The van der Waals surface area contributed by atoms with Crippen LogP contribution < -0.4 is 15.8 Å². The molecule has 2 aromatic heterocycles. The molecule has 3 heterocycles. The van der Waals surface area contributed by atoms with Gasteiger partial charge in [0.05, 0.1) is 35.4 Å². The lowest BCUT2D eigenvalue weighted by molar-refractivity contribution is 0.203. The molecule has 0 bridgehead atoms. The SMILES string of the molecule is NCCCc1cn(-c2ccc(-c3nc(CCc4ccccc4)cs3)c(OCCN3CCNC3=O)c2)nn1. The normalized spacial score (nSPS) is 13.2. The van der Waals surface area contributed by atoms with E-state index < -0.39 is 0 Å². The standard InChI is InChI=1S/C27H31N7O2S/c28-12-4-7-21-18-34(32-31-21)23-10-11-24(25(17-23)36-16-15-33-14-13-29-27(33)35)26-30-22(19-37-26)9-8-20-5-2-1-3-6-20/h1-3,5-6,10-11,17-19H,4,7-9,12-16,28H2,(H,29,35). The third-order valence-corrected chi connectivity index (χ3v) is 7.19. The van der Waals surface area contributed by atoms with Crippen LogP contribution in [0.25, 0.3) is 16.3 Å². The van der Waals surface area contributed by atoms with Gasteiger partial charge in [-0.15, -0.1) is 16.4 Å². The second-order valence-corrected chi connectivity index (χ2v) is 9.78. The van der Waals surface area contributed by atoms with E-state index in [9.17, 15) is 4.79 Å². The number of carbonyl (C=O) groups is 1. The van der Waals surface area contributed by atoms with Crippen LogP contribution in [-0.4, -0.2) is 63.7 Å². The van der Waals surface area contributed by atoms with Crippen molar-refractivity contribution in [3.63, 3.8) is 0 Å². The molecule has 0 unspecified atom stereocenters. The smallest absolute Gasteiger partial charge is 0.317 e. The summed E-state index contributed by atoms with van der Waals surface area (Å²) in [6, 6.07) is 16.4. The number of nitrogens with zero attached hydrogens (tertiary/aromatic N) is 5. The third kappa shape index (κ3) is 6.33. The Morgan fingerprint density at radius 3 is 2.78 bits per heavy atom. The number of hydrogen-bond donors (Lipinski definition) is 2. The van der Waals surface area contributed by atoms with Crippen molar-refractivity contribution in [1.29, 1.82) is 0 Å². The number of hydrogen-bond acceptors (Lipinski definition) is 7. The molecule has 1 fully saturated rings. The van der Waals surface area contributed by atoms with Crippen LogP contribution >= 0.6 is 11.3 Å². The zero-order valence-electron chi connectivity index (χ0n) is 20.7. The summed E-state index contributed by atoms with van der Waals surface area (Å²) in [5, 5.41) is 14.4. The largest absolute Gasteiger partial charge is 0.491 e. The first-order valence-corrected chi connectivity index (χ1v) is 13.5. The van der Waals surface area contributed by atoms with Crippen molar-refractivity contribution in [2.45, 2.75) is 25.7 Å². The molecule has 2 aromatic carbocycles. The number of nitrogens with one attached hydrogen (secondary N) is 1. The van der Waals surface area contributed by atoms with E-state index in [1.807, 2.05) is 30.5 Å². The van der Waals surface area contributed by atoms with Gasteiger partial charge in [0, 0.05) is 24.5 Å². The molecule has 192 valence electrons. The minimum Gasteiger partial charge on any atom is -0.491 e. The highest BCUT2D eigenvalue weighted by Gasteiger charge is 2.20. The number of aryl methyl sites for hydroxylation is 3. The predicted molar refractivity (Wildman–Crippen MR) is 144 cm³/mol. The number of benzene rings is 2. The summed E-state index contributed by atoms with van der Waals surface area (Å²) >= 11 is 1.61. The number of carbonyl (C=O) groups excluding carboxylic acids is 1. The lowest BCUT2D eigenvalue weighted by Gasteiger charge is -2.16. The number of urea groups is 1. The summed E-state index contributed by atoms with van der Waals surface area (Å²) in [4.78, 5) is 18.6. The Kier molecular flexibility index (Phi) is 8.07. The molecule has 0 aliphatic carbocycles. The molecule has 4 aromatic rings. The fourth-order valence-corrected chi connectivity index (χ4v) is 5.11. The van der Waals surface area contributed by atoms with E-state index in [-0.39, 0.29) is 6.03 Å². The summed E-state index contributed by atoms with van der Waals surface area (Å²) < 4.78 is 7.99. The first-order chi connectivity index (χ1) is 18.2. The molecule has 10 heteroatoms. The van der Waals surface area contributed by atoms with Crippen LogP contribution in [0.15, 0.2) is 60.1 Å². The molecule has 1 aliphatic rings. The van der Waals surface area contributed by atoms with Crippen LogP contribution in [0.1, 0.15) is 23.4 Å². The molecule has 0 saturated carbocycles. The van der Waals surface area contributed by atoms with Crippen LogP contribution in [0.3, 0.4) is 0 Å². The van der Waals surface area contributed by atoms with Crippen LogP contribution in [0.4, 0.5) is 4.79 Å². The van der Waals surface area contributed by atoms with E-state index in [4.69, 9.17) is 15.5 Å².